The molecule has 1 unspecified atom stereocenters. The Kier molecular flexibility index (Phi) is 3.87. The fourth-order valence-electron chi connectivity index (χ4n) is 2.46. The molecule has 4 N–H and O–H groups in total. The van der Waals surface area contributed by atoms with E-state index in [1.165, 1.54) is 10.5 Å². The summed E-state index contributed by atoms with van der Waals surface area (Å²) in [5.41, 5.74) is 13.0. The highest BCUT2D eigenvalue weighted by atomic mass is 32.2. The van der Waals surface area contributed by atoms with Gasteiger partial charge in [0.25, 0.3) is 10.0 Å². The van der Waals surface area contributed by atoms with Crippen LogP contribution in [0.1, 0.15) is 5.56 Å². The summed E-state index contributed by atoms with van der Waals surface area (Å²) in [6.45, 7) is 2.14. The molecule has 1 aliphatic rings. The molecule has 0 saturated heterocycles. The molecule has 8 heteroatoms. The summed E-state index contributed by atoms with van der Waals surface area (Å²) in [6.07, 6.45) is 0.966. The Morgan fingerprint density at radius 2 is 2.17 bits per heavy atom. The zero-order valence-electron chi connectivity index (χ0n) is 12.6. The number of fused-ring (bicyclic) bond motifs is 1. The van der Waals surface area contributed by atoms with Gasteiger partial charge in [0.15, 0.2) is 0 Å². The highest BCUT2D eigenvalue weighted by molar-refractivity contribution is 7.92. The lowest BCUT2D eigenvalue weighted by Crippen LogP contribution is -2.46. The third kappa shape index (κ3) is 2.82. The fourth-order valence-corrected chi connectivity index (χ4v) is 4.05. The van der Waals surface area contributed by atoms with Crippen LogP contribution in [0.2, 0.25) is 0 Å². The van der Waals surface area contributed by atoms with Crippen molar-refractivity contribution in [1.82, 2.24) is 4.98 Å². The summed E-state index contributed by atoms with van der Waals surface area (Å²) >= 11 is 0. The summed E-state index contributed by atoms with van der Waals surface area (Å²) in [6, 6.07) is 8.29. The van der Waals surface area contributed by atoms with E-state index in [4.69, 9.17) is 16.2 Å². The molecule has 0 spiro atoms. The van der Waals surface area contributed by atoms with Crippen LogP contribution >= 0.6 is 0 Å². The minimum atomic E-state index is -3.76. The molecule has 7 nitrogen and oxygen atoms in total. The average Bonchev–Trinajstić information content (AvgIpc) is 2.53. The van der Waals surface area contributed by atoms with Crippen molar-refractivity contribution in [2.24, 2.45) is 5.73 Å². The number of nitrogen functional groups attached to an aromatic ring is 1. The van der Waals surface area contributed by atoms with Crippen molar-refractivity contribution in [3.8, 4) is 5.88 Å². The molecule has 1 aromatic heterocycles. The van der Waals surface area contributed by atoms with Gasteiger partial charge in [-0.3, -0.25) is 4.31 Å². The quantitative estimate of drug-likeness (QED) is 0.862. The van der Waals surface area contributed by atoms with Gasteiger partial charge < -0.3 is 16.2 Å². The van der Waals surface area contributed by atoms with Gasteiger partial charge in [0.05, 0.1) is 23.3 Å². The van der Waals surface area contributed by atoms with E-state index in [-0.39, 0.29) is 23.9 Å². The molecule has 23 heavy (non-hydrogen) atoms. The summed E-state index contributed by atoms with van der Waals surface area (Å²) in [7, 11) is -3.76. The van der Waals surface area contributed by atoms with Crippen LogP contribution in [0, 0.1) is 6.92 Å². The molecule has 0 saturated carbocycles. The molecular formula is C15H18N4O3S. The highest BCUT2D eigenvalue weighted by Gasteiger charge is 2.35. The van der Waals surface area contributed by atoms with E-state index in [2.05, 4.69) is 4.98 Å². The second kappa shape index (κ2) is 5.71. The number of rotatable bonds is 3. The predicted molar refractivity (Wildman–Crippen MR) is 87.8 cm³/mol. The van der Waals surface area contributed by atoms with E-state index >= 15 is 0 Å². The molecule has 1 aliphatic heterocycles. The number of hydrogen-bond acceptors (Lipinski definition) is 6. The maximum absolute atomic E-state index is 13.0. The van der Waals surface area contributed by atoms with Gasteiger partial charge in [-0.2, -0.15) is 0 Å². The molecule has 2 aromatic rings. The molecule has 0 radical (unpaired) electrons. The van der Waals surface area contributed by atoms with Gasteiger partial charge in [-0.15, -0.1) is 0 Å². The maximum Gasteiger partial charge on any atom is 0.264 e. The lowest BCUT2D eigenvalue weighted by molar-refractivity contribution is 0.199. The first-order valence-electron chi connectivity index (χ1n) is 7.13. The predicted octanol–water partition coefficient (Wildman–Crippen LogP) is 0.887. The Balaban J connectivity index is 2.13. The average molecular weight is 334 g/mol. The van der Waals surface area contributed by atoms with Gasteiger partial charge in [0.2, 0.25) is 5.88 Å². The smallest absolute Gasteiger partial charge is 0.264 e. The van der Waals surface area contributed by atoms with Crippen LogP contribution < -0.4 is 20.5 Å². The number of aromatic nitrogens is 1. The molecule has 3 rings (SSSR count). The molecule has 1 atom stereocenters. The van der Waals surface area contributed by atoms with E-state index in [0.717, 1.165) is 5.56 Å². The number of hydrogen-bond donors (Lipinski definition) is 2. The van der Waals surface area contributed by atoms with Crippen LogP contribution in [0.4, 0.5) is 11.4 Å². The molecule has 0 aliphatic carbocycles. The van der Waals surface area contributed by atoms with Gasteiger partial charge in [0, 0.05) is 6.54 Å². The van der Waals surface area contributed by atoms with Gasteiger partial charge in [-0.05, 0) is 30.7 Å². The molecule has 0 amide bonds. The molecule has 2 heterocycles. The second-order valence-electron chi connectivity index (χ2n) is 5.42. The Hall–Kier alpha value is -2.32. The summed E-state index contributed by atoms with van der Waals surface area (Å²) in [5, 5.41) is 0. The summed E-state index contributed by atoms with van der Waals surface area (Å²) < 4.78 is 33.0. The molecule has 122 valence electrons. The highest BCUT2D eigenvalue weighted by Crippen LogP contribution is 2.36. The van der Waals surface area contributed by atoms with E-state index < -0.39 is 16.1 Å². The number of benzene rings is 1. The van der Waals surface area contributed by atoms with Crippen LogP contribution in [0.25, 0.3) is 0 Å². The Labute approximate surface area is 134 Å². The summed E-state index contributed by atoms with van der Waals surface area (Å²) in [5.74, 6) is 0.220. The van der Waals surface area contributed by atoms with E-state index in [1.54, 1.807) is 24.3 Å². The number of nitrogens with zero attached hydrogens (tertiary/aromatic N) is 2. The largest absolute Gasteiger partial charge is 0.470 e. The third-order valence-electron chi connectivity index (χ3n) is 3.61. The van der Waals surface area contributed by atoms with Crippen molar-refractivity contribution in [2.75, 3.05) is 23.1 Å². The van der Waals surface area contributed by atoms with Crippen molar-refractivity contribution >= 4 is 21.4 Å². The maximum atomic E-state index is 13.0. The van der Waals surface area contributed by atoms with Crippen LogP contribution in [-0.4, -0.2) is 32.6 Å². The molecule has 0 fully saturated rings. The first-order valence-corrected chi connectivity index (χ1v) is 8.57. The van der Waals surface area contributed by atoms with Crippen LogP contribution in [0.15, 0.2) is 41.4 Å². The summed E-state index contributed by atoms with van der Waals surface area (Å²) in [4.78, 5) is 4.29. The second-order valence-corrected chi connectivity index (χ2v) is 7.28. The fraction of sp³-hybridized carbons (Fsp3) is 0.267. The SMILES string of the molecule is Cc1cccc(S(=O)(=O)N2CC(CN)Oc3ncc(N)cc32)c1. The lowest BCUT2D eigenvalue weighted by Gasteiger charge is -2.34. The van der Waals surface area contributed by atoms with E-state index in [1.807, 2.05) is 13.0 Å². The lowest BCUT2D eigenvalue weighted by atomic mass is 10.2. The van der Waals surface area contributed by atoms with Crippen molar-refractivity contribution in [3.05, 3.63) is 42.1 Å². The van der Waals surface area contributed by atoms with Crippen LogP contribution in [0.3, 0.4) is 0 Å². The van der Waals surface area contributed by atoms with E-state index in [9.17, 15) is 8.42 Å². The number of anilines is 2. The Bertz CT molecular complexity index is 838. The van der Waals surface area contributed by atoms with Gasteiger partial charge in [0.1, 0.15) is 11.8 Å². The van der Waals surface area contributed by atoms with E-state index in [0.29, 0.717) is 11.4 Å². The zero-order valence-corrected chi connectivity index (χ0v) is 13.5. The van der Waals surface area contributed by atoms with Gasteiger partial charge >= 0.3 is 0 Å². The number of ether oxygens (including phenoxy) is 1. The first kappa shape index (κ1) is 15.6. The Morgan fingerprint density at radius 3 is 2.87 bits per heavy atom. The molecular weight excluding hydrogens is 316 g/mol. The topological polar surface area (TPSA) is 112 Å². The van der Waals surface area contributed by atoms with Crippen LogP contribution in [-0.2, 0) is 10.0 Å². The monoisotopic (exact) mass is 334 g/mol. The molecule has 1 aromatic carbocycles. The van der Waals surface area contributed by atoms with Crippen molar-refractivity contribution in [1.29, 1.82) is 0 Å². The van der Waals surface area contributed by atoms with Gasteiger partial charge in [-0.25, -0.2) is 13.4 Å². The number of nitrogens with two attached hydrogens (primary N) is 2. The first-order chi connectivity index (χ1) is 10.9. The minimum absolute atomic E-state index is 0.116. The normalized spacial score (nSPS) is 17.5. The number of sulfonamides is 1. The Morgan fingerprint density at radius 1 is 1.39 bits per heavy atom. The minimum Gasteiger partial charge on any atom is -0.470 e. The van der Waals surface area contributed by atoms with Crippen molar-refractivity contribution < 1.29 is 13.2 Å². The van der Waals surface area contributed by atoms with Crippen molar-refractivity contribution in [2.45, 2.75) is 17.9 Å². The van der Waals surface area contributed by atoms with Gasteiger partial charge in [-0.1, -0.05) is 12.1 Å². The molecule has 0 bridgehead atoms. The zero-order chi connectivity index (χ0) is 16.6. The number of aryl methyl sites for hydroxylation is 1. The standard InChI is InChI=1S/C15H18N4O3S/c1-10-3-2-4-13(5-10)23(20,21)19-9-12(7-16)22-15-14(19)6-11(17)8-18-15/h2-6,8,12H,7,9,16-17H2,1H3. The third-order valence-corrected chi connectivity index (χ3v) is 5.39. The number of pyridine rings is 1. The van der Waals surface area contributed by atoms with Crippen molar-refractivity contribution in [3.63, 3.8) is 0 Å². The van der Waals surface area contributed by atoms with Crippen LogP contribution in [0.5, 0.6) is 5.88 Å².